The summed E-state index contributed by atoms with van der Waals surface area (Å²) in [4.78, 5) is 0.255. The summed E-state index contributed by atoms with van der Waals surface area (Å²) < 4.78 is 59.5. The molecule has 7 nitrogen and oxygen atoms in total. The number of hydrogen-bond donors (Lipinski definition) is 0. The average Bonchev–Trinajstić information content (AvgIpc) is 3.06. The third kappa shape index (κ3) is 4.27. The Labute approximate surface area is 220 Å². The zero-order valence-corrected chi connectivity index (χ0v) is 23.6. The molecule has 37 heavy (non-hydrogen) atoms. The predicted octanol–water partition coefficient (Wildman–Crippen LogP) is 6.34. The lowest BCUT2D eigenvalue weighted by molar-refractivity contribution is 0.0407. The third-order valence-electron chi connectivity index (χ3n) is 8.10. The van der Waals surface area contributed by atoms with Crippen molar-refractivity contribution in [2.45, 2.75) is 51.5 Å². The molecule has 2 heterocycles. The Bertz CT molecular complexity index is 1380. The standard InChI is InChI=1S/C28H35N2O5PS/c1-6-16-28-24(29-36(31)34-19-26(3,4)20-35-36)17-27(28,5)18-30(25(28)22-10-8-7-9-11-22)37(32,33)23-14-12-21(2)13-15-23/h6-15,25H,1,16-20H2,2-5H3/b29-24+/t25-,27+,28-/m1/s1. The molecule has 0 N–H and O–H groups in total. The van der Waals surface area contributed by atoms with Crippen LogP contribution in [0.1, 0.15) is 50.8 Å². The van der Waals surface area contributed by atoms with Crippen LogP contribution in [0.2, 0.25) is 0 Å². The van der Waals surface area contributed by atoms with Crippen molar-refractivity contribution in [3.63, 3.8) is 0 Å². The first-order chi connectivity index (χ1) is 17.4. The maximum atomic E-state index is 14.1. The normalized spacial score (nSPS) is 32.0. The minimum Gasteiger partial charge on any atom is -0.290 e. The number of allylic oxidation sites excluding steroid dienone is 1. The van der Waals surface area contributed by atoms with E-state index in [2.05, 4.69) is 18.3 Å². The lowest BCUT2D eigenvalue weighted by Crippen LogP contribution is -2.57. The molecule has 0 unspecified atom stereocenters. The molecule has 0 radical (unpaired) electrons. The van der Waals surface area contributed by atoms with Crippen LogP contribution >= 0.6 is 7.75 Å². The van der Waals surface area contributed by atoms with Gasteiger partial charge in [-0.05, 0) is 42.9 Å². The Morgan fingerprint density at radius 2 is 1.70 bits per heavy atom. The van der Waals surface area contributed by atoms with Crippen LogP contribution < -0.4 is 0 Å². The minimum absolute atomic E-state index is 0.250. The smallest absolute Gasteiger partial charge is 0.290 e. The molecular weight excluding hydrogens is 507 g/mol. The molecule has 198 valence electrons. The van der Waals surface area contributed by atoms with Gasteiger partial charge in [0.2, 0.25) is 10.0 Å². The van der Waals surface area contributed by atoms with Crippen molar-refractivity contribution in [2.24, 2.45) is 21.0 Å². The lowest BCUT2D eigenvalue weighted by Gasteiger charge is -2.56. The van der Waals surface area contributed by atoms with Gasteiger partial charge in [-0.25, -0.2) is 13.0 Å². The molecule has 2 aliphatic heterocycles. The van der Waals surface area contributed by atoms with E-state index in [1.807, 2.05) is 69.3 Å². The van der Waals surface area contributed by atoms with Gasteiger partial charge < -0.3 is 0 Å². The molecule has 9 heteroatoms. The topological polar surface area (TPSA) is 85.3 Å². The molecule has 2 aromatic carbocycles. The van der Waals surface area contributed by atoms with Crippen molar-refractivity contribution >= 4 is 23.5 Å². The number of rotatable bonds is 6. The summed E-state index contributed by atoms with van der Waals surface area (Å²) in [6.07, 6.45) is 2.80. The van der Waals surface area contributed by atoms with Crippen LogP contribution in [0, 0.1) is 23.2 Å². The summed E-state index contributed by atoms with van der Waals surface area (Å²) >= 11 is 0. The Balaban J connectivity index is 1.65. The highest BCUT2D eigenvalue weighted by Crippen LogP contribution is 2.71. The molecule has 3 atom stereocenters. The number of sulfonamides is 1. The van der Waals surface area contributed by atoms with Crippen molar-refractivity contribution in [2.75, 3.05) is 19.8 Å². The SMILES string of the molecule is C=CC[C@]12/C(=N/P3(=O)OCC(C)(C)CO3)C[C@@]1(C)CN(S(=O)(=O)c1ccc(C)cc1)[C@@H]2c1ccccc1. The van der Waals surface area contributed by atoms with E-state index < -0.39 is 34.6 Å². The van der Waals surface area contributed by atoms with Crippen molar-refractivity contribution in [3.05, 3.63) is 78.4 Å². The van der Waals surface area contributed by atoms with Gasteiger partial charge in [0.25, 0.3) is 0 Å². The molecule has 2 aromatic rings. The van der Waals surface area contributed by atoms with Crippen LogP contribution in [0.15, 0.2) is 76.9 Å². The summed E-state index contributed by atoms with van der Waals surface area (Å²) in [6.45, 7) is 12.9. The first-order valence-electron chi connectivity index (χ1n) is 12.6. The summed E-state index contributed by atoms with van der Waals surface area (Å²) in [7, 11) is -7.56. The van der Waals surface area contributed by atoms with Gasteiger partial charge in [-0.2, -0.15) is 9.07 Å². The van der Waals surface area contributed by atoms with Crippen molar-refractivity contribution < 1.29 is 22.0 Å². The van der Waals surface area contributed by atoms with Gasteiger partial charge in [-0.15, -0.1) is 6.58 Å². The van der Waals surface area contributed by atoms with Crippen molar-refractivity contribution in [1.82, 2.24) is 4.31 Å². The van der Waals surface area contributed by atoms with Crippen LogP contribution in [0.3, 0.4) is 0 Å². The molecule has 0 aromatic heterocycles. The van der Waals surface area contributed by atoms with Gasteiger partial charge in [-0.1, -0.05) is 74.9 Å². The second-order valence-electron chi connectivity index (χ2n) is 11.6. The molecule has 0 spiro atoms. The molecule has 1 saturated carbocycles. The minimum atomic E-state index is -3.85. The zero-order chi connectivity index (χ0) is 26.7. The first kappa shape index (κ1) is 26.5. The molecule has 3 aliphatic rings. The van der Waals surface area contributed by atoms with E-state index in [1.165, 1.54) is 0 Å². The number of benzene rings is 2. The molecule has 3 fully saturated rings. The maximum Gasteiger partial charge on any atom is 0.453 e. The molecule has 0 amide bonds. The van der Waals surface area contributed by atoms with Crippen LogP contribution in [0.4, 0.5) is 0 Å². The van der Waals surface area contributed by atoms with Crippen LogP contribution in [0.25, 0.3) is 0 Å². The van der Waals surface area contributed by atoms with Crippen molar-refractivity contribution in [1.29, 1.82) is 0 Å². The summed E-state index contributed by atoms with van der Waals surface area (Å²) in [5.74, 6) is 0. The van der Waals surface area contributed by atoms with E-state index in [-0.39, 0.29) is 23.5 Å². The second kappa shape index (κ2) is 8.99. The molecule has 5 rings (SSSR count). The van der Waals surface area contributed by atoms with E-state index in [0.29, 0.717) is 25.1 Å². The fourth-order valence-corrected chi connectivity index (χ4v) is 9.62. The molecular formula is C28H35N2O5PS. The molecule has 1 aliphatic carbocycles. The number of aryl methyl sites for hydroxylation is 1. The van der Waals surface area contributed by atoms with Crippen LogP contribution in [-0.2, 0) is 23.6 Å². The van der Waals surface area contributed by atoms with E-state index in [4.69, 9.17) is 9.05 Å². The van der Waals surface area contributed by atoms with Crippen LogP contribution in [-0.4, -0.2) is 38.2 Å². The Morgan fingerprint density at radius 1 is 1.08 bits per heavy atom. The highest BCUT2D eigenvalue weighted by atomic mass is 32.2. The Morgan fingerprint density at radius 3 is 2.30 bits per heavy atom. The predicted molar refractivity (Wildman–Crippen MR) is 145 cm³/mol. The van der Waals surface area contributed by atoms with E-state index in [0.717, 1.165) is 11.1 Å². The van der Waals surface area contributed by atoms with Gasteiger partial charge >= 0.3 is 7.75 Å². The van der Waals surface area contributed by atoms with Gasteiger partial charge in [0.05, 0.1) is 24.2 Å². The largest absolute Gasteiger partial charge is 0.453 e. The third-order valence-corrected chi connectivity index (χ3v) is 11.3. The number of hydrogen-bond acceptors (Lipinski definition) is 5. The number of fused-ring (bicyclic) bond motifs is 1. The summed E-state index contributed by atoms with van der Waals surface area (Å²) in [6, 6.07) is 16.0. The van der Waals surface area contributed by atoms with E-state index >= 15 is 0 Å². The second-order valence-corrected chi connectivity index (χ2v) is 15.1. The van der Waals surface area contributed by atoms with E-state index in [1.54, 1.807) is 16.4 Å². The number of nitrogens with zero attached hydrogens (tertiary/aromatic N) is 2. The molecule has 0 bridgehead atoms. The average molecular weight is 543 g/mol. The van der Waals surface area contributed by atoms with Gasteiger partial charge in [-0.3, -0.25) is 9.05 Å². The Kier molecular flexibility index (Phi) is 6.44. The summed E-state index contributed by atoms with van der Waals surface area (Å²) in [5, 5.41) is 0. The lowest BCUT2D eigenvalue weighted by atomic mass is 9.46. The van der Waals surface area contributed by atoms with E-state index in [9.17, 15) is 13.0 Å². The zero-order valence-electron chi connectivity index (χ0n) is 21.9. The Hall–Kier alpha value is -2.09. The summed E-state index contributed by atoms with van der Waals surface area (Å²) in [5.41, 5.74) is 1.11. The highest BCUT2D eigenvalue weighted by molar-refractivity contribution is 7.89. The highest BCUT2D eigenvalue weighted by Gasteiger charge is 2.72. The van der Waals surface area contributed by atoms with Gasteiger partial charge in [0, 0.05) is 23.1 Å². The maximum absolute atomic E-state index is 14.1. The molecule has 2 saturated heterocycles. The van der Waals surface area contributed by atoms with Crippen LogP contribution in [0.5, 0.6) is 0 Å². The van der Waals surface area contributed by atoms with Crippen molar-refractivity contribution in [3.8, 4) is 0 Å². The van der Waals surface area contributed by atoms with Gasteiger partial charge in [0.1, 0.15) is 0 Å². The first-order valence-corrected chi connectivity index (χ1v) is 15.5. The van der Waals surface area contributed by atoms with Gasteiger partial charge in [0.15, 0.2) is 0 Å². The monoisotopic (exact) mass is 542 g/mol. The quantitative estimate of drug-likeness (QED) is 0.314. The fourth-order valence-electron chi connectivity index (χ4n) is 6.07. The fraction of sp³-hybridized carbons (Fsp3) is 0.464.